The van der Waals surface area contributed by atoms with Gasteiger partial charge in [-0.1, -0.05) is 25.1 Å². The average Bonchev–Trinajstić information content (AvgIpc) is 2.91. The van der Waals surface area contributed by atoms with Gasteiger partial charge in [-0.2, -0.15) is 0 Å². The van der Waals surface area contributed by atoms with Crippen molar-refractivity contribution < 1.29 is 33.3 Å². The van der Waals surface area contributed by atoms with Gasteiger partial charge in [-0.3, -0.25) is 9.59 Å². The Morgan fingerprint density at radius 1 is 1.00 bits per heavy atom. The topological polar surface area (TPSA) is 100 Å². The molecule has 1 aliphatic heterocycles. The Bertz CT molecular complexity index is 1320. The van der Waals surface area contributed by atoms with Crippen LogP contribution in [0, 0.1) is 0 Å². The molecule has 8 nitrogen and oxygen atoms in total. The zero-order chi connectivity index (χ0) is 28.1. The van der Waals surface area contributed by atoms with Crippen LogP contribution in [-0.2, 0) is 19.1 Å². The standard InChI is InChI=1S/C31H35NO7/c1-6-14-38-31(35)28-18(3)32-24-15-22(20-8-11-23(36-5)12-9-20)16-25(34)30(24)29(28)21-10-13-26(39-19(4)33)27(17-21)37-7-2/h8-13,17,22,29,32H,6-7,14-16H2,1-5H3/t22-,29+/m0/s1. The van der Waals surface area contributed by atoms with Crippen LogP contribution < -0.4 is 19.5 Å². The molecule has 0 spiro atoms. The zero-order valence-corrected chi connectivity index (χ0v) is 23.1. The highest BCUT2D eigenvalue weighted by Crippen LogP contribution is 2.47. The van der Waals surface area contributed by atoms with Gasteiger partial charge in [0, 0.05) is 36.2 Å². The molecule has 206 valence electrons. The smallest absolute Gasteiger partial charge is 0.336 e. The lowest BCUT2D eigenvalue weighted by molar-refractivity contribution is -0.139. The van der Waals surface area contributed by atoms with Crippen molar-refractivity contribution in [3.05, 3.63) is 76.1 Å². The van der Waals surface area contributed by atoms with Gasteiger partial charge in [-0.25, -0.2) is 4.79 Å². The SMILES string of the molecule is CCCOC(=O)C1=C(C)NC2=C(C(=O)C[C@@H](c3ccc(OC)cc3)C2)[C@@H]1c1ccc(OC(C)=O)c(OCC)c1. The maximum Gasteiger partial charge on any atom is 0.336 e. The molecular formula is C31H35NO7. The van der Waals surface area contributed by atoms with Crippen molar-refractivity contribution in [3.8, 4) is 17.2 Å². The minimum atomic E-state index is -0.652. The number of benzene rings is 2. The summed E-state index contributed by atoms with van der Waals surface area (Å²) in [4.78, 5) is 38.8. The predicted octanol–water partition coefficient (Wildman–Crippen LogP) is 5.33. The van der Waals surface area contributed by atoms with Crippen LogP contribution in [0.5, 0.6) is 17.2 Å². The highest BCUT2D eigenvalue weighted by atomic mass is 16.6. The summed E-state index contributed by atoms with van der Waals surface area (Å²) < 4.78 is 21.9. The molecule has 0 radical (unpaired) electrons. The molecule has 0 saturated carbocycles. The largest absolute Gasteiger partial charge is 0.497 e. The van der Waals surface area contributed by atoms with Crippen molar-refractivity contribution in [1.29, 1.82) is 0 Å². The van der Waals surface area contributed by atoms with Crippen LogP contribution in [0.25, 0.3) is 0 Å². The lowest BCUT2D eigenvalue weighted by atomic mass is 9.71. The van der Waals surface area contributed by atoms with Gasteiger partial charge < -0.3 is 24.3 Å². The molecule has 2 aromatic rings. The van der Waals surface area contributed by atoms with E-state index in [1.807, 2.05) is 45.0 Å². The molecule has 0 bridgehead atoms. The van der Waals surface area contributed by atoms with E-state index in [0.29, 0.717) is 54.0 Å². The van der Waals surface area contributed by atoms with Gasteiger partial charge in [0.05, 0.1) is 25.9 Å². The molecule has 2 aromatic carbocycles. The Morgan fingerprint density at radius 3 is 2.36 bits per heavy atom. The summed E-state index contributed by atoms with van der Waals surface area (Å²) >= 11 is 0. The van der Waals surface area contributed by atoms with Crippen molar-refractivity contribution in [2.24, 2.45) is 0 Å². The van der Waals surface area contributed by atoms with Gasteiger partial charge in [0.15, 0.2) is 17.3 Å². The van der Waals surface area contributed by atoms with Gasteiger partial charge in [-0.15, -0.1) is 0 Å². The Morgan fingerprint density at radius 2 is 1.72 bits per heavy atom. The molecule has 2 aliphatic rings. The van der Waals surface area contributed by atoms with Crippen LogP contribution in [0.4, 0.5) is 0 Å². The minimum absolute atomic E-state index is 0.0120. The fourth-order valence-corrected chi connectivity index (χ4v) is 5.24. The number of carbonyl (C=O) groups is 3. The van der Waals surface area contributed by atoms with E-state index in [0.717, 1.165) is 17.0 Å². The second kappa shape index (κ2) is 12.2. The van der Waals surface area contributed by atoms with Gasteiger partial charge in [0.2, 0.25) is 0 Å². The number of Topliss-reactive ketones (excluding diaryl/α,β-unsaturated/α-hetero) is 1. The number of esters is 2. The van der Waals surface area contributed by atoms with Crippen molar-refractivity contribution in [2.45, 2.75) is 58.8 Å². The Balaban J connectivity index is 1.80. The van der Waals surface area contributed by atoms with E-state index in [1.165, 1.54) is 6.92 Å². The molecule has 0 fully saturated rings. The van der Waals surface area contributed by atoms with Crippen molar-refractivity contribution in [3.63, 3.8) is 0 Å². The number of carbonyl (C=O) groups excluding carboxylic acids is 3. The second-order valence-corrected chi connectivity index (χ2v) is 9.66. The summed E-state index contributed by atoms with van der Waals surface area (Å²) in [7, 11) is 1.62. The van der Waals surface area contributed by atoms with Crippen LogP contribution in [0.3, 0.4) is 0 Å². The fraction of sp³-hybridized carbons (Fsp3) is 0.387. The number of methoxy groups -OCH3 is 1. The van der Waals surface area contributed by atoms with E-state index >= 15 is 0 Å². The summed E-state index contributed by atoms with van der Waals surface area (Å²) in [6.45, 7) is 7.53. The van der Waals surface area contributed by atoms with Crippen LogP contribution in [-0.4, -0.2) is 38.0 Å². The van der Waals surface area contributed by atoms with Crippen LogP contribution in [0.15, 0.2) is 65.0 Å². The Kier molecular flexibility index (Phi) is 8.74. The van der Waals surface area contributed by atoms with Crippen molar-refractivity contribution >= 4 is 17.7 Å². The van der Waals surface area contributed by atoms with Gasteiger partial charge in [-0.05, 0) is 68.0 Å². The highest BCUT2D eigenvalue weighted by molar-refractivity contribution is 6.04. The molecule has 1 heterocycles. The number of hydrogen-bond acceptors (Lipinski definition) is 8. The summed E-state index contributed by atoms with van der Waals surface area (Å²) in [6, 6.07) is 12.9. The quantitative estimate of drug-likeness (QED) is 0.341. The van der Waals surface area contributed by atoms with E-state index in [1.54, 1.807) is 25.3 Å². The maximum absolute atomic E-state index is 13.8. The number of hydrogen-bond donors (Lipinski definition) is 1. The molecule has 8 heteroatoms. The van der Waals surface area contributed by atoms with Gasteiger partial charge in [0.25, 0.3) is 0 Å². The molecular weight excluding hydrogens is 498 g/mol. The molecule has 2 atom stereocenters. The summed E-state index contributed by atoms with van der Waals surface area (Å²) in [5.74, 6) is -0.237. The molecule has 1 aliphatic carbocycles. The monoisotopic (exact) mass is 533 g/mol. The number of ether oxygens (including phenoxy) is 4. The highest BCUT2D eigenvalue weighted by Gasteiger charge is 2.41. The molecule has 0 saturated heterocycles. The first-order valence-electron chi connectivity index (χ1n) is 13.3. The van der Waals surface area contributed by atoms with Crippen molar-refractivity contribution in [2.75, 3.05) is 20.3 Å². The number of allylic oxidation sites excluding steroid dienone is 3. The second-order valence-electron chi connectivity index (χ2n) is 9.66. The third-order valence-corrected chi connectivity index (χ3v) is 6.93. The molecule has 4 rings (SSSR count). The number of nitrogens with one attached hydrogen (secondary N) is 1. The fourth-order valence-electron chi connectivity index (χ4n) is 5.24. The molecule has 0 amide bonds. The Labute approximate surface area is 229 Å². The predicted molar refractivity (Wildman–Crippen MR) is 146 cm³/mol. The first kappa shape index (κ1) is 28.0. The Hall–Kier alpha value is -4.07. The summed E-state index contributed by atoms with van der Waals surface area (Å²) in [5, 5.41) is 3.37. The molecule has 0 unspecified atom stereocenters. The van der Waals surface area contributed by atoms with Gasteiger partial charge in [0.1, 0.15) is 5.75 Å². The number of ketones is 1. The first-order chi connectivity index (χ1) is 18.8. The summed E-state index contributed by atoms with van der Waals surface area (Å²) in [6.07, 6.45) is 1.60. The van der Waals surface area contributed by atoms with E-state index in [2.05, 4.69) is 5.32 Å². The lowest BCUT2D eigenvalue weighted by Crippen LogP contribution is -2.36. The number of dihydropyridines is 1. The normalized spacial score (nSPS) is 18.7. The third kappa shape index (κ3) is 6.00. The van der Waals surface area contributed by atoms with E-state index in [9.17, 15) is 14.4 Å². The van der Waals surface area contributed by atoms with Crippen LogP contribution in [0.1, 0.15) is 69.9 Å². The molecule has 0 aromatic heterocycles. The van der Waals surface area contributed by atoms with Crippen LogP contribution >= 0.6 is 0 Å². The van der Waals surface area contributed by atoms with E-state index < -0.39 is 17.9 Å². The molecule has 1 N–H and O–H groups in total. The van der Waals surface area contributed by atoms with Crippen LogP contribution in [0.2, 0.25) is 0 Å². The van der Waals surface area contributed by atoms with Gasteiger partial charge >= 0.3 is 11.9 Å². The lowest BCUT2D eigenvalue weighted by Gasteiger charge is -2.37. The summed E-state index contributed by atoms with van der Waals surface area (Å²) in [5.41, 5.74) is 4.11. The van der Waals surface area contributed by atoms with E-state index in [4.69, 9.17) is 18.9 Å². The average molecular weight is 534 g/mol. The first-order valence-corrected chi connectivity index (χ1v) is 13.3. The zero-order valence-electron chi connectivity index (χ0n) is 23.1. The number of rotatable bonds is 9. The van der Waals surface area contributed by atoms with Crippen molar-refractivity contribution in [1.82, 2.24) is 5.32 Å². The minimum Gasteiger partial charge on any atom is -0.497 e. The molecule has 39 heavy (non-hydrogen) atoms. The van der Waals surface area contributed by atoms with E-state index in [-0.39, 0.29) is 24.1 Å². The third-order valence-electron chi connectivity index (χ3n) is 6.93. The maximum atomic E-state index is 13.8.